The maximum absolute atomic E-state index is 12.3. The number of nitrogens with zero attached hydrogens (tertiary/aromatic N) is 2. The van der Waals surface area contributed by atoms with Gasteiger partial charge in [0.1, 0.15) is 0 Å². The molecular formula is C17H23N3O3. The average Bonchev–Trinajstić information content (AvgIpc) is 3.15. The quantitative estimate of drug-likeness (QED) is 0.907. The maximum Gasteiger partial charge on any atom is 0.328 e. The molecule has 2 atom stereocenters. The lowest BCUT2D eigenvalue weighted by Crippen LogP contribution is -2.41. The highest BCUT2D eigenvalue weighted by Gasteiger charge is 2.23. The van der Waals surface area contributed by atoms with Crippen LogP contribution in [0.4, 0.5) is 0 Å². The summed E-state index contributed by atoms with van der Waals surface area (Å²) in [5, 5.41) is 2.98. The third-order valence-corrected chi connectivity index (χ3v) is 4.53. The van der Waals surface area contributed by atoms with Crippen LogP contribution in [-0.2, 0) is 23.1 Å². The zero-order valence-electron chi connectivity index (χ0n) is 13.6. The van der Waals surface area contributed by atoms with E-state index in [4.69, 9.17) is 4.74 Å². The van der Waals surface area contributed by atoms with Crippen LogP contribution in [0, 0.1) is 0 Å². The van der Waals surface area contributed by atoms with E-state index in [1.165, 1.54) is 0 Å². The third-order valence-electron chi connectivity index (χ3n) is 4.53. The highest BCUT2D eigenvalue weighted by Crippen LogP contribution is 2.15. The molecule has 1 aromatic heterocycles. The summed E-state index contributed by atoms with van der Waals surface area (Å²) in [6, 6.07) is 7.63. The molecule has 3 rings (SSSR count). The van der Waals surface area contributed by atoms with Crippen molar-refractivity contribution in [2.45, 2.75) is 44.9 Å². The van der Waals surface area contributed by atoms with E-state index < -0.39 is 0 Å². The van der Waals surface area contributed by atoms with Crippen molar-refractivity contribution in [2.24, 2.45) is 7.05 Å². The number of rotatable bonds is 5. The predicted octanol–water partition coefficient (Wildman–Crippen LogP) is 1.41. The van der Waals surface area contributed by atoms with E-state index >= 15 is 0 Å². The molecule has 1 fully saturated rings. The van der Waals surface area contributed by atoms with Crippen molar-refractivity contribution < 1.29 is 9.53 Å². The van der Waals surface area contributed by atoms with E-state index in [1.54, 1.807) is 16.2 Å². The Balaban J connectivity index is 1.65. The zero-order valence-corrected chi connectivity index (χ0v) is 13.6. The number of benzene rings is 1. The molecule has 1 amide bonds. The minimum Gasteiger partial charge on any atom is -0.376 e. The van der Waals surface area contributed by atoms with Crippen molar-refractivity contribution in [3.63, 3.8) is 0 Å². The van der Waals surface area contributed by atoms with Crippen LogP contribution in [0.1, 0.15) is 26.2 Å². The van der Waals surface area contributed by atoms with Gasteiger partial charge >= 0.3 is 5.69 Å². The fourth-order valence-corrected chi connectivity index (χ4v) is 3.21. The maximum atomic E-state index is 12.3. The van der Waals surface area contributed by atoms with Gasteiger partial charge in [0.2, 0.25) is 5.91 Å². The lowest BCUT2D eigenvalue weighted by Gasteiger charge is -2.20. The molecule has 1 aromatic carbocycles. The van der Waals surface area contributed by atoms with Gasteiger partial charge in [-0.25, -0.2) is 4.79 Å². The molecule has 2 aromatic rings. The summed E-state index contributed by atoms with van der Waals surface area (Å²) in [4.78, 5) is 24.5. The first-order valence-corrected chi connectivity index (χ1v) is 8.13. The van der Waals surface area contributed by atoms with E-state index in [0.29, 0.717) is 6.54 Å². The molecule has 6 nitrogen and oxygen atoms in total. The van der Waals surface area contributed by atoms with Gasteiger partial charge in [-0.15, -0.1) is 0 Å². The van der Waals surface area contributed by atoms with Crippen molar-refractivity contribution in [1.82, 2.24) is 14.5 Å². The first kappa shape index (κ1) is 15.8. The first-order chi connectivity index (χ1) is 11.1. The molecule has 1 aliphatic heterocycles. The van der Waals surface area contributed by atoms with Crippen LogP contribution in [0.2, 0.25) is 0 Å². The van der Waals surface area contributed by atoms with Crippen molar-refractivity contribution in [3.8, 4) is 0 Å². The van der Waals surface area contributed by atoms with Gasteiger partial charge in [-0.3, -0.25) is 13.9 Å². The number of hydrogen-bond acceptors (Lipinski definition) is 3. The van der Waals surface area contributed by atoms with Crippen molar-refractivity contribution in [1.29, 1.82) is 0 Å². The van der Waals surface area contributed by atoms with Gasteiger partial charge in [-0.05, 0) is 31.9 Å². The minimum absolute atomic E-state index is 0.00856. The van der Waals surface area contributed by atoms with Crippen molar-refractivity contribution >= 4 is 16.9 Å². The van der Waals surface area contributed by atoms with Crippen LogP contribution in [0.3, 0.4) is 0 Å². The van der Waals surface area contributed by atoms with Crippen molar-refractivity contribution in [3.05, 3.63) is 34.7 Å². The van der Waals surface area contributed by atoms with Gasteiger partial charge in [-0.2, -0.15) is 0 Å². The fraction of sp³-hybridized carbons (Fsp3) is 0.529. The smallest absolute Gasteiger partial charge is 0.328 e. The molecule has 1 aliphatic rings. The molecule has 2 heterocycles. The molecule has 2 unspecified atom stereocenters. The number of para-hydroxylation sites is 2. The Bertz CT molecular complexity index is 756. The lowest BCUT2D eigenvalue weighted by molar-refractivity contribution is -0.122. The molecule has 23 heavy (non-hydrogen) atoms. The number of nitrogens with one attached hydrogen (secondary N) is 1. The van der Waals surface area contributed by atoms with E-state index in [1.807, 2.05) is 31.2 Å². The summed E-state index contributed by atoms with van der Waals surface area (Å²) in [5.74, 6) is -0.0483. The normalized spacial score (nSPS) is 19.1. The molecule has 124 valence electrons. The number of carbonyl (C=O) groups is 1. The second kappa shape index (κ2) is 6.58. The summed E-state index contributed by atoms with van der Waals surface area (Å²) < 4.78 is 8.86. The Morgan fingerprint density at radius 1 is 1.39 bits per heavy atom. The van der Waals surface area contributed by atoms with E-state index in [9.17, 15) is 9.59 Å². The first-order valence-electron chi connectivity index (χ1n) is 8.13. The van der Waals surface area contributed by atoms with Gasteiger partial charge in [0, 0.05) is 26.6 Å². The number of imidazole rings is 1. The molecule has 0 saturated carbocycles. The standard InChI is InChI=1S/C17H23N3O3/c1-12(15-8-5-11-23-15)18-16(21)9-10-20-14-7-4-3-6-13(14)19(2)17(20)22/h3-4,6-7,12,15H,5,8-11H2,1-2H3,(H,18,21). The lowest BCUT2D eigenvalue weighted by atomic mass is 10.1. The summed E-state index contributed by atoms with van der Waals surface area (Å²) in [5.41, 5.74) is 1.65. The number of carbonyl (C=O) groups excluding carboxylic acids is 1. The van der Waals surface area contributed by atoms with Crippen LogP contribution < -0.4 is 11.0 Å². The Hall–Kier alpha value is -2.08. The molecule has 1 N–H and O–H groups in total. The number of ether oxygens (including phenoxy) is 1. The number of amides is 1. The SMILES string of the molecule is CC(NC(=O)CCn1c(=O)n(C)c2ccccc21)C1CCCO1. The topological polar surface area (TPSA) is 65.3 Å². The predicted molar refractivity (Wildman–Crippen MR) is 88.4 cm³/mol. The van der Waals surface area contributed by atoms with Crippen LogP contribution in [-0.4, -0.2) is 33.8 Å². The summed E-state index contributed by atoms with van der Waals surface area (Å²) in [6.45, 7) is 3.12. The van der Waals surface area contributed by atoms with Crippen LogP contribution >= 0.6 is 0 Å². The Morgan fingerprint density at radius 3 is 2.83 bits per heavy atom. The summed E-state index contributed by atoms with van der Waals surface area (Å²) >= 11 is 0. The van der Waals surface area contributed by atoms with E-state index in [-0.39, 0.29) is 30.2 Å². The van der Waals surface area contributed by atoms with Gasteiger partial charge in [0.25, 0.3) is 0 Å². The van der Waals surface area contributed by atoms with Crippen LogP contribution in [0.25, 0.3) is 11.0 Å². The number of fused-ring (bicyclic) bond motifs is 1. The fourth-order valence-electron chi connectivity index (χ4n) is 3.21. The van der Waals surface area contributed by atoms with Gasteiger partial charge < -0.3 is 10.1 Å². The zero-order chi connectivity index (χ0) is 16.4. The number of aryl methyl sites for hydroxylation is 2. The molecule has 0 spiro atoms. The van der Waals surface area contributed by atoms with Crippen LogP contribution in [0.5, 0.6) is 0 Å². The van der Waals surface area contributed by atoms with E-state index in [0.717, 1.165) is 30.5 Å². The molecule has 6 heteroatoms. The highest BCUT2D eigenvalue weighted by molar-refractivity contribution is 5.78. The molecule has 0 aliphatic carbocycles. The van der Waals surface area contributed by atoms with E-state index in [2.05, 4.69) is 5.32 Å². The Kier molecular flexibility index (Phi) is 4.52. The number of hydrogen-bond donors (Lipinski definition) is 1. The van der Waals surface area contributed by atoms with Gasteiger partial charge in [0.05, 0.1) is 23.2 Å². The van der Waals surface area contributed by atoms with Crippen LogP contribution in [0.15, 0.2) is 29.1 Å². The second-order valence-corrected chi connectivity index (χ2v) is 6.14. The third kappa shape index (κ3) is 3.17. The highest BCUT2D eigenvalue weighted by atomic mass is 16.5. The molecule has 0 bridgehead atoms. The minimum atomic E-state index is -0.0915. The summed E-state index contributed by atoms with van der Waals surface area (Å²) in [7, 11) is 1.75. The second-order valence-electron chi connectivity index (χ2n) is 6.14. The summed E-state index contributed by atoms with van der Waals surface area (Å²) in [6.07, 6.45) is 2.44. The Labute approximate surface area is 135 Å². The number of aromatic nitrogens is 2. The molecule has 1 saturated heterocycles. The monoisotopic (exact) mass is 317 g/mol. The molecule has 0 radical (unpaired) electrons. The van der Waals surface area contributed by atoms with Crippen molar-refractivity contribution in [2.75, 3.05) is 6.61 Å². The molecular weight excluding hydrogens is 294 g/mol. The average molecular weight is 317 g/mol. The largest absolute Gasteiger partial charge is 0.376 e. The van der Waals surface area contributed by atoms with Gasteiger partial charge in [-0.1, -0.05) is 12.1 Å². The van der Waals surface area contributed by atoms with Gasteiger partial charge in [0.15, 0.2) is 0 Å². The Morgan fingerprint density at radius 2 is 2.13 bits per heavy atom.